The molecule has 3 rings (SSSR count). The maximum Gasteiger partial charge on any atom is 0.193 e. The standard InChI is InChI=1S/C17H26N8/c1-3-15-22-21-14-25(15)9-8-20-17(18-2)24-12-10-23(11-13-24)16-6-4-5-7-19-16/h4-7,14H,3,8-13H2,1-2H3,(H,18,20). The monoisotopic (exact) mass is 342 g/mol. The van der Waals surface area contributed by atoms with Crippen LogP contribution in [0.15, 0.2) is 35.7 Å². The molecule has 25 heavy (non-hydrogen) atoms. The first kappa shape index (κ1) is 17.2. The lowest BCUT2D eigenvalue weighted by Crippen LogP contribution is -2.53. The van der Waals surface area contributed by atoms with Gasteiger partial charge < -0.3 is 19.7 Å². The molecule has 1 fully saturated rings. The van der Waals surface area contributed by atoms with E-state index in [0.717, 1.165) is 63.3 Å². The van der Waals surface area contributed by atoms with Crippen molar-refractivity contribution < 1.29 is 0 Å². The molecule has 134 valence electrons. The molecule has 0 radical (unpaired) electrons. The fraction of sp³-hybridized carbons (Fsp3) is 0.529. The molecule has 0 aliphatic carbocycles. The number of anilines is 1. The molecule has 1 saturated heterocycles. The van der Waals surface area contributed by atoms with E-state index in [4.69, 9.17) is 0 Å². The first-order chi connectivity index (χ1) is 12.3. The van der Waals surface area contributed by atoms with Gasteiger partial charge in [0, 0.05) is 58.9 Å². The molecular weight excluding hydrogens is 316 g/mol. The average molecular weight is 342 g/mol. The van der Waals surface area contributed by atoms with Crippen LogP contribution in [0.25, 0.3) is 0 Å². The van der Waals surface area contributed by atoms with E-state index in [0.29, 0.717) is 0 Å². The third kappa shape index (κ3) is 4.26. The third-order valence-corrected chi connectivity index (χ3v) is 4.41. The number of guanidine groups is 1. The molecule has 0 amide bonds. The van der Waals surface area contributed by atoms with Crippen LogP contribution in [0.5, 0.6) is 0 Å². The molecule has 0 unspecified atom stereocenters. The number of aromatic nitrogens is 4. The Kier molecular flexibility index (Phi) is 5.81. The SMILES string of the molecule is CCc1nncn1CCNC(=NC)N1CCN(c2ccccn2)CC1. The van der Waals surface area contributed by atoms with Crippen molar-refractivity contribution in [1.82, 2.24) is 30.0 Å². The minimum atomic E-state index is 0.804. The summed E-state index contributed by atoms with van der Waals surface area (Å²) in [7, 11) is 1.84. The van der Waals surface area contributed by atoms with Crippen LogP contribution in [0.1, 0.15) is 12.7 Å². The summed E-state index contributed by atoms with van der Waals surface area (Å²) in [4.78, 5) is 13.5. The van der Waals surface area contributed by atoms with Crippen LogP contribution in [0.4, 0.5) is 5.82 Å². The highest BCUT2D eigenvalue weighted by atomic mass is 15.4. The van der Waals surface area contributed by atoms with Crippen molar-refractivity contribution in [3.05, 3.63) is 36.5 Å². The Balaban J connectivity index is 1.48. The fourth-order valence-corrected chi connectivity index (χ4v) is 3.05. The predicted octanol–water partition coefficient (Wildman–Crippen LogP) is 0.633. The number of hydrogen-bond acceptors (Lipinski definition) is 5. The summed E-state index contributed by atoms with van der Waals surface area (Å²) in [6, 6.07) is 6.04. The van der Waals surface area contributed by atoms with Crippen LogP contribution in [-0.4, -0.2) is 70.4 Å². The highest BCUT2D eigenvalue weighted by Gasteiger charge is 2.20. The van der Waals surface area contributed by atoms with E-state index in [1.807, 2.05) is 25.4 Å². The normalized spacial score (nSPS) is 15.5. The summed E-state index contributed by atoms with van der Waals surface area (Å²) in [5.41, 5.74) is 0. The van der Waals surface area contributed by atoms with Crippen LogP contribution in [0.2, 0.25) is 0 Å². The summed E-state index contributed by atoms with van der Waals surface area (Å²) >= 11 is 0. The predicted molar refractivity (Wildman–Crippen MR) is 98.8 cm³/mol. The van der Waals surface area contributed by atoms with Crippen molar-refractivity contribution in [2.45, 2.75) is 19.9 Å². The van der Waals surface area contributed by atoms with Crippen molar-refractivity contribution in [3.63, 3.8) is 0 Å². The Labute approximate surface area is 148 Å². The largest absolute Gasteiger partial charge is 0.354 e. The average Bonchev–Trinajstić information content (AvgIpc) is 3.14. The number of hydrogen-bond donors (Lipinski definition) is 1. The molecule has 8 nitrogen and oxygen atoms in total. The van der Waals surface area contributed by atoms with Crippen LogP contribution >= 0.6 is 0 Å². The minimum Gasteiger partial charge on any atom is -0.354 e. The van der Waals surface area contributed by atoms with Crippen molar-refractivity contribution >= 4 is 11.8 Å². The highest BCUT2D eigenvalue weighted by Crippen LogP contribution is 2.12. The summed E-state index contributed by atoms with van der Waals surface area (Å²) in [5, 5.41) is 11.5. The lowest BCUT2D eigenvalue weighted by molar-refractivity contribution is 0.370. The Hall–Kier alpha value is -2.64. The van der Waals surface area contributed by atoms with Gasteiger partial charge in [-0.1, -0.05) is 13.0 Å². The number of piperazine rings is 1. The lowest BCUT2D eigenvalue weighted by Gasteiger charge is -2.37. The fourth-order valence-electron chi connectivity index (χ4n) is 3.05. The highest BCUT2D eigenvalue weighted by molar-refractivity contribution is 5.80. The zero-order chi connectivity index (χ0) is 17.5. The van der Waals surface area contributed by atoms with E-state index in [-0.39, 0.29) is 0 Å². The van der Waals surface area contributed by atoms with Gasteiger partial charge >= 0.3 is 0 Å². The summed E-state index contributed by atoms with van der Waals surface area (Å²) in [6.07, 6.45) is 4.52. The van der Waals surface area contributed by atoms with Gasteiger partial charge in [-0.25, -0.2) is 4.98 Å². The van der Waals surface area contributed by atoms with Crippen molar-refractivity contribution in [2.75, 3.05) is 44.7 Å². The Morgan fingerprint density at radius 2 is 2.08 bits per heavy atom. The van der Waals surface area contributed by atoms with Crippen LogP contribution in [0.3, 0.4) is 0 Å². The van der Waals surface area contributed by atoms with E-state index in [1.165, 1.54) is 0 Å². The molecule has 3 heterocycles. The first-order valence-electron chi connectivity index (χ1n) is 8.80. The number of nitrogens with one attached hydrogen (secondary N) is 1. The van der Waals surface area contributed by atoms with Gasteiger partial charge in [0.1, 0.15) is 18.0 Å². The van der Waals surface area contributed by atoms with Gasteiger partial charge in [-0.15, -0.1) is 10.2 Å². The molecule has 1 N–H and O–H groups in total. The van der Waals surface area contributed by atoms with E-state index in [2.05, 4.69) is 52.8 Å². The Morgan fingerprint density at radius 3 is 2.76 bits per heavy atom. The zero-order valence-electron chi connectivity index (χ0n) is 15.0. The lowest BCUT2D eigenvalue weighted by atomic mass is 10.3. The molecule has 1 aliphatic rings. The van der Waals surface area contributed by atoms with Gasteiger partial charge in [-0.05, 0) is 12.1 Å². The maximum atomic E-state index is 4.43. The van der Waals surface area contributed by atoms with Crippen LogP contribution in [-0.2, 0) is 13.0 Å². The topological polar surface area (TPSA) is 74.5 Å². The van der Waals surface area contributed by atoms with E-state index < -0.39 is 0 Å². The van der Waals surface area contributed by atoms with Crippen molar-refractivity contribution in [3.8, 4) is 0 Å². The van der Waals surface area contributed by atoms with Crippen LogP contribution < -0.4 is 10.2 Å². The van der Waals surface area contributed by atoms with Gasteiger partial charge in [0.05, 0.1) is 0 Å². The number of pyridine rings is 1. The number of aryl methyl sites for hydroxylation is 1. The molecule has 0 atom stereocenters. The first-order valence-corrected chi connectivity index (χ1v) is 8.80. The van der Waals surface area contributed by atoms with E-state index >= 15 is 0 Å². The summed E-state index contributed by atoms with van der Waals surface area (Å²) < 4.78 is 2.08. The molecule has 0 aromatic carbocycles. The van der Waals surface area contributed by atoms with Gasteiger partial charge in [-0.3, -0.25) is 4.99 Å². The quantitative estimate of drug-likeness (QED) is 0.635. The maximum absolute atomic E-state index is 4.43. The molecular formula is C17H26N8. The van der Waals surface area contributed by atoms with Crippen LogP contribution in [0, 0.1) is 0 Å². The van der Waals surface area contributed by atoms with Gasteiger partial charge in [0.25, 0.3) is 0 Å². The van der Waals surface area contributed by atoms with Gasteiger partial charge in [0.15, 0.2) is 5.96 Å². The molecule has 0 bridgehead atoms. The molecule has 0 saturated carbocycles. The van der Waals surface area contributed by atoms with Crippen molar-refractivity contribution in [1.29, 1.82) is 0 Å². The second kappa shape index (κ2) is 8.46. The summed E-state index contributed by atoms with van der Waals surface area (Å²) in [5.74, 6) is 3.01. The Morgan fingerprint density at radius 1 is 1.24 bits per heavy atom. The number of aliphatic imine (C=N–C) groups is 1. The third-order valence-electron chi connectivity index (χ3n) is 4.41. The molecule has 8 heteroatoms. The smallest absolute Gasteiger partial charge is 0.193 e. The number of nitrogens with zero attached hydrogens (tertiary/aromatic N) is 7. The van der Waals surface area contributed by atoms with E-state index in [1.54, 1.807) is 6.33 Å². The second-order valence-electron chi connectivity index (χ2n) is 5.93. The molecule has 2 aromatic heterocycles. The molecule has 2 aromatic rings. The Bertz CT molecular complexity index is 673. The van der Waals surface area contributed by atoms with E-state index in [9.17, 15) is 0 Å². The van der Waals surface area contributed by atoms with Gasteiger partial charge in [-0.2, -0.15) is 0 Å². The van der Waals surface area contributed by atoms with Gasteiger partial charge in [0.2, 0.25) is 0 Å². The molecule has 1 aliphatic heterocycles. The minimum absolute atomic E-state index is 0.804. The molecule has 0 spiro atoms. The number of rotatable bonds is 5. The van der Waals surface area contributed by atoms with Crippen molar-refractivity contribution in [2.24, 2.45) is 4.99 Å². The second-order valence-corrected chi connectivity index (χ2v) is 5.93. The summed E-state index contributed by atoms with van der Waals surface area (Å²) in [6.45, 7) is 7.49. The zero-order valence-corrected chi connectivity index (χ0v) is 15.0.